The van der Waals surface area contributed by atoms with Crippen LogP contribution < -0.4 is 5.32 Å². The van der Waals surface area contributed by atoms with Gasteiger partial charge in [0, 0.05) is 6.42 Å². The van der Waals surface area contributed by atoms with Crippen LogP contribution >= 0.6 is 0 Å². The third kappa shape index (κ3) is 20.2. The molecule has 0 aliphatic carbocycles. The molecular weight excluding hydrogens is 574 g/mol. The standard InChI is InChI=1S/C36H71NO8/c1-3-5-7-9-11-13-15-16-17-19-21-23-25-30(39)29(28-44-36-35(43)34(42)33(41)31(27-38)45-36)37-32(40)26-24-22-20-18-14-12-10-8-6-4-2/h29-31,33-36,38-39,41-43H,3-28H2,1-2H3,(H,37,40)/t29-,30+,31+,33+,34?,35?,36+/m0/s1. The number of unbranched alkanes of at least 4 members (excludes halogenated alkanes) is 20. The summed E-state index contributed by atoms with van der Waals surface area (Å²) in [7, 11) is 0. The topological polar surface area (TPSA) is 149 Å². The molecule has 45 heavy (non-hydrogen) atoms. The van der Waals surface area contributed by atoms with Gasteiger partial charge in [0.05, 0.1) is 25.4 Å². The fourth-order valence-electron chi connectivity index (χ4n) is 6.10. The quantitative estimate of drug-likeness (QED) is 0.0517. The van der Waals surface area contributed by atoms with Gasteiger partial charge in [0.1, 0.15) is 24.4 Å². The van der Waals surface area contributed by atoms with Gasteiger partial charge in [-0.3, -0.25) is 4.79 Å². The summed E-state index contributed by atoms with van der Waals surface area (Å²) in [6.07, 6.45) is 19.7. The molecule has 0 saturated carbocycles. The van der Waals surface area contributed by atoms with Crippen LogP contribution in [0.15, 0.2) is 0 Å². The van der Waals surface area contributed by atoms with Gasteiger partial charge in [-0.1, -0.05) is 149 Å². The average molecular weight is 646 g/mol. The molecule has 1 saturated heterocycles. The SMILES string of the molecule is CCCCCCCCCCCCCC[C@@H](O)[C@H](CO[C@@H]1O[C@H](CO)[C@@H](O)C(O)C1O)NC(=O)CCCCCCCCCCCC. The molecule has 0 aromatic carbocycles. The molecule has 9 nitrogen and oxygen atoms in total. The zero-order chi connectivity index (χ0) is 33.1. The van der Waals surface area contributed by atoms with Crippen molar-refractivity contribution in [1.29, 1.82) is 0 Å². The molecule has 0 bridgehead atoms. The molecule has 268 valence electrons. The van der Waals surface area contributed by atoms with E-state index in [4.69, 9.17) is 9.47 Å². The lowest BCUT2D eigenvalue weighted by Gasteiger charge is -2.40. The van der Waals surface area contributed by atoms with Gasteiger partial charge in [-0.15, -0.1) is 0 Å². The molecule has 0 aromatic heterocycles. The average Bonchev–Trinajstić information content (AvgIpc) is 3.04. The first-order chi connectivity index (χ1) is 21.8. The summed E-state index contributed by atoms with van der Waals surface area (Å²) >= 11 is 0. The first-order valence-corrected chi connectivity index (χ1v) is 18.7. The van der Waals surface area contributed by atoms with E-state index in [2.05, 4.69) is 19.2 Å². The van der Waals surface area contributed by atoms with Crippen molar-refractivity contribution in [1.82, 2.24) is 5.32 Å². The van der Waals surface area contributed by atoms with Crippen LogP contribution in [0.4, 0.5) is 0 Å². The number of amides is 1. The van der Waals surface area contributed by atoms with Crippen molar-refractivity contribution >= 4 is 5.91 Å². The molecule has 1 heterocycles. The maximum atomic E-state index is 12.8. The Morgan fingerprint density at radius 2 is 1.11 bits per heavy atom. The molecule has 7 atom stereocenters. The Kier molecular flexibility index (Phi) is 26.5. The number of carbonyl (C=O) groups excluding carboxylic acids is 1. The number of hydrogen-bond acceptors (Lipinski definition) is 8. The van der Waals surface area contributed by atoms with Crippen molar-refractivity contribution in [3.05, 3.63) is 0 Å². The minimum atomic E-state index is -1.55. The van der Waals surface area contributed by atoms with Gasteiger partial charge in [0.25, 0.3) is 0 Å². The van der Waals surface area contributed by atoms with Crippen molar-refractivity contribution in [2.24, 2.45) is 0 Å². The Bertz CT molecular complexity index is 681. The van der Waals surface area contributed by atoms with E-state index in [1.807, 2.05) is 0 Å². The molecular formula is C36H71NO8. The summed E-state index contributed by atoms with van der Waals surface area (Å²) < 4.78 is 11.2. The third-order valence-electron chi connectivity index (χ3n) is 9.21. The van der Waals surface area contributed by atoms with Crippen LogP contribution in [0, 0.1) is 0 Å². The number of nitrogens with one attached hydrogen (secondary N) is 1. The van der Waals surface area contributed by atoms with E-state index in [1.165, 1.54) is 103 Å². The second-order valence-corrected chi connectivity index (χ2v) is 13.4. The van der Waals surface area contributed by atoms with Crippen LogP contribution in [-0.2, 0) is 14.3 Å². The van der Waals surface area contributed by atoms with E-state index in [0.29, 0.717) is 12.8 Å². The summed E-state index contributed by atoms with van der Waals surface area (Å²) in [5.74, 6) is -0.147. The van der Waals surface area contributed by atoms with E-state index < -0.39 is 49.5 Å². The Hall–Kier alpha value is -0.810. The lowest BCUT2D eigenvalue weighted by molar-refractivity contribution is -0.302. The van der Waals surface area contributed by atoms with Crippen LogP contribution in [0.2, 0.25) is 0 Å². The van der Waals surface area contributed by atoms with Gasteiger partial charge in [0.2, 0.25) is 5.91 Å². The highest BCUT2D eigenvalue weighted by molar-refractivity contribution is 5.76. The van der Waals surface area contributed by atoms with Crippen LogP contribution in [-0.4, -0.2) is 87.5 Å². The predicted molar refractivity (Wildman–Crippen MR) is 180 cm³/mol. The highest BCUT2D eigenvalue weighted by atomic mass is 16.7. The lowest BCUT2D eigenvalue weighted by atomic mass is 9.99. The smallest absolute Gasteiger partial charge is 0.220 e. The summed E-state index contributed by atoms with van der Waals surface area (Å²) in [6.45, 7) is 3.79. The van der Waals surface area contributed by atoms with Crippen molar-refractivity contribution in [2.75, 3.05) is 13.2 Å². The molecule has 1 fully saturated rings. The zero-order valence-corrected chi connectivity index (χ0v) is 28.9. The summed E-state index contributed by atoms with van der Waals surface area (Å²) in [6, 6.07) is -0.708. The summed E-state index contributed by atoms with van der Waals surface area (Å²) in [5, 5.41) is 53.9. The van der Waals surface area contributed by atoms with Crippen molar-refractivity contribution in [3.63, 3.8) is 0 Å². The molecule has 1 aliphatic rings. The number of carbonyl (C=O) groups is 1. The third-order valence-corrected chi connectivity index (χ3v) is 9.21. The molecule has 2 unspecified atom stereocenters. The monoisotopic (exact) mass is 646 g/mol. The van der Waals surface area contributed by atoms with Crippen LogP contribution in [0.1, 0.15) is 168 Å². The van der Waals surface area contributed by atoms with Gasteiger partial charge in [-0.2, -0.15) is 0 Å². The molecule has 9 heteroatoms. The molecule has 6 N–H and O–H groups in total. The van der Waals surface area contributed by atoms with Gasteiger partial charge < -0.3 is 40.3 Å². The molecule has 1 aliphatic heterocycles. The fourth-order valence-corrected chi connectivity index (χ4v) is 6.10. The van der Waals surface area contributed by atoms with Crippen molar-refractivity contribution in [2.45, 2.75) is 211 Å². The Morgan fingerprint density at radius 1 is 0.667 bits per heavy atom. The van der Waals surface area contributed by atoms with Gasteiger partial charge >= 0.3 is 0 Å². The molecule has 0 spiro atoms. The second kappa shape index (κ2) is 28.2. The van der Waals surface area contributed by atoms with Gasteiger partial charge in [-0.05, 0) is 12.8 Å². The molecule has 0 radical (unpaired) electrons. The first-order valence-electron chi connectivity index (χ1n) is 18.7. The van der Waals surface area contributed by atoms with Crippen LogP contribution in [0.3, 0.4) is 0 Å². The van der Waals surface area contributed by atoms with Gasteiger partial charge in [-0.25, -0.2) is 0 Å². The van der Waals surface area contributed by atoms with Crippen molar-refractivity contribution in [3.8, 4) is 0 Å². The highest BCUT2D eigenvalue weighted by Crippen LogP contribution is 2.23. The fraction of sp³-hybridized carbons (Fsp3) is 0.972. The zero-order valence-electron chi connectivity index (χ0n) is 28.9. The molecule has 1 rings (SSSR count). The largest absolute Gasteiger partial charge is 0.394 e. The normalized spacial score (nSPS) is 23.2. The number of aliphatic hydroxyl groups excluding tert-OH is 5. The Labute approximate surface area is 274 Å². The van der Waals surface area contributed by atoms with Gasteiger partial charge in [0.15, 0.2) is 6.29 Å². The number of ether oxygens (including phenoxy) is 2. The highest BCUT2D eigenvalue weighted by Gasteiger charge is 2.44. The first kappa shape index (κ1) is 42.2. The number of rotatable bonds is 30. The molecule has 1 amide bonds. The molecule has 0 aromatic rings. The predicted octanol–water partition coefficient (Wildman–Crippen LogP) is 6.05. The van der Waals surface area contributed by atoms with Crippen LogP contribution in [0.25, 0.3) is 0 Å². The van der Waals surface area contributed by atoms with E-state index in [1.54, 1.807) is 0 Å². The van der Waals surface area contributed by atoms with E-state index >= 15 is 0 Å². The second-order valence-electron chi connectivity index (χ2n) is 13.4. The summed E-state index contributed by atoms with van der Waals surface area (Å²) in [4.78, 5) is 12.8. The van der Waals surface area contributed by atoms with Crippen molar-refractivity contribution < 1.29 is 39.8 Å². The van der Waals surface area contributed by atoms with E-state index in [9.17, 15) is 30.3 Å². The van der Waals surface area contributed by atoms with E-state index in [0.717, 1.165) is 38.5 Å². The van der Waals surface area contributed by atoms with Crippen LogP contribution in [0.5, 0.6) is 0 Å². The van der Waals surface area contributed by atoms with E-state index in [-0.39, 0.29) is 12.5 Å². The summed E-state index contributed by atoms with van der Waals surface area (Å²) in [5.41, 5.74) is 0. The number of aliphatic hydroxyl groups is 5. The Balaban J connectivity index is 2.44. The minimum Gasteiger partial charge on any atom is -0.394 e. The number of hydrogen-bond donors (Lipinski definition) is 6. The minimum absolute atomic E-state index is 0.133. The maximum Gasteiger partial charge on any atom is 0.220 e. The Morgan fingerprint density at radius 3 is 1.58 bits per heavy atom. The maximum absolute atomic E-state index is 12.8. The lowest BCUT2D eigenvalue weighted by Crippen LogP contribution is -2.60.